The van der Waals surface area contributed by atoms with E-state index in [1.165, 1.54) is 0 Å². The summed E-state index contributed by atoms with van der Waals surface area (Å²) in [7, 11) is 0. The Bertz CT molecular complexity index is 450. The van der Waals surface area contributed by atoms with Gasteiger partial charge in [0.1, 0.15) is 0 Å². The normalized spacial score (nSPS) is 13.4. The van der Waals surface area contributed by atoms with Gasteiger partial charge in [0.05, 0.1) is 23.0 Å². The highest BCUT2D eigenvalue weighted by molar-refractivity contribution is 7.99. The highest BCUT2D eigenvalue weighted by atomic mass is 32.2. The number of nitriles is 1. The van der Waals surface area contributed by atoms with Crippen molar-refractivity contribution in [3.63, 3.8) is 0 Å². The van der Waals surface area contributed by atoms with E-state index in [0.717, 1.165) is 17.7 Å². The van der Waals surface area contributed by atoms with Crippen LogP contribution in [0.3, 0.4) is 0 Å². The smallest absolute Gasteiger partial charge is 0.319 e. The van der Waals surface area contributed by atoms with Crippen LogP contribution < -0.4 is 0 Å². The second-order valence-electron chi connectivity index (χ2n) is 4.42. The fourth-order valence-corrected chi connectivity index (χ4v) is 2.17. The van der Waals surface area contributed by atoms with Crippen molar-refractivity contribution in [2.24, 2.45) is 0 Å². The van der Waals surface area contributed by atoms with Crippen LogP contribution in [0.15, 0.2) is 24.3 Å². The summed E-state index contributed by atoms with van der Waals surface area (Å²) in [6, 6.07) is 9.49. The van der Waals surface area contributed by atoms with Crippen LogP contribution in [-0.4, -0.2) is 17.3 Å². The molecule has 102 valence electrons. The lowest BCUT2D eigenvalue weighted by atomic mass is 10.2. The summed E-state index contributed by atoms with van der Waals surface area (Å²) in [6.07, 6.45) is 0.809. The third kappa shape index (κ3) is 5.35. The SMILES string of the molecule is CCC(C)OC(=O)C(C)SCc1ccc(C#N)cc1. The zero-order valence-corrected chi connectivity index (χ0v) is 12.4. The molecule has 0 N–H and O–H groups in total. The molecule has 0 heterocycles. The molecule has 0 aromatic heterocycles. The van der Waals surface area contributed by atoms with Crippen molar-refractivity contribution in [1.82, 2.24) is 0 Å². The summed E-state index contributed by atoms with van der Waals surface area (Å²) in [5.74, 6) is 0.579. The molecule has 19 heavy (non-hydrogen) atoms. The van der Waals surface area contributed by atoms with Crippen LogP contribution in [0.25, 0.3) is 0 Å². The van der Waals surface area contributed by atoms with E-state index in [2.05, 4.69) is 6.07 Å². The molecule has 0 amide bonds. The van der Waals surface area contributed by atoms with E-state index < -0.39 is 0 Å². The van der Waals surface area contributed by atoms with Crippen LogP contribution in [0, 0.1) is 11.3 Å². The second kappa shape index (κ2) is 7.85. The average molecular weight is 277 g/mol. The van der Waals surface area contributed by atoms with E-state index in [9.17, 15) is 4.79 Å². The van der Waals surface area contributed by atoms with Gasteiger partial charge >= 0.3 is 5.97 Å². The Morgan fingerprint density at radius 3 is 2.53 bits per heavy atom. The molecule has 0 radical (unpaired) electrons. The van der Waals surface area contributed by atoms with Crippen LogP contribution in [0.4, 0.5) is 0 Å². The van der Waals surface area contributed by atoms with E-state index in [4.69, 9.17) is 10.00 Å². The van der Waals surface area contributed by atoms with Crippen molar-refractivity contribution < 1.29 is 9.53 Å². The molecule has 1 rings (SSSR count). The van der Waals surface area contributed by atoms with Crippen LogP contribution in [0.5, 0.6) is 0 Å². The summed E-state index contributed by atoms with van der Waals surface area (Å²) in [6.45, 7) is 5.75. The first kappa shape index (κ1) is 15.6. The van der Waals surface area contributed by atoms with Gasteiger partial charge in [0.2, 0.25) is 0 Å². The molecule has 2 atom stereocenters. The Kier molecular flexibility index (Phi) is 6.44. The van der Waals surface area contributed by atoms with Gasteiger partial charge in [-0.25, -0.2) is 0 Å². The summed E-state index contributed by atoms with van der Waals surface area (Å²) < 4.78 is 5.28. The number of esters is 1. The van der Waals surface area contributed by atoms with Crippen molar-refractivity contribution in [3.05, 3.63) is 35.4 Å². The quantitative estimate of drug-likeness (QED) is 0.746. The maximum Gasteiger partial charge on any atom is 0.319 e. The minimum atomic E-state index is -0.176. The maximum atomic E-state index is 11.7. The third-order valence-electron chi connectivity index (χ3n) is 2.81. The summed E-state index contributed by atoms with van der Waals surface area (Å²) >= 11 is 1.55. The zero-order chi connectivity index (χ0) is 14.3. The largest absolute Gasteiger partial charge is 0.462 e. The molecular formula is C15H19NO2S. The second-order valence-corrected chi connectivity index (χ2v) is 5.75. The monoisotopic (exact) mass is 277 g/mol. The molecule has 0 aliphatic carbocycles. The minimum Gasteiger partial charge on any atom is -0.462 e. The minimum absolute atomic E-state index is 0.0227. The lowest BCUT2D eigenvalue weighted by Crippen LogP contribution is -2.22. The first-order valence-electron chi connectivity index (χ1n) is 6.38. The fraction of sp³-hybridized carbons (Fsp3) is 0.467. The molecule has 0 saturated heterocycles. The van der Waals surface area contributed by atoms with E-state index in [-0.39, 0.29) is 17.3 Å². The molecule has 2 unspecified atom stereocenters. The lowest BCUT2D eigenvalue weighted by molar-refractivity contribution is -0.147. The van der Waals surface area contributed by atoms with Crippen molar-refractivity contribution >= 4 is 17.7 Å². The average Bonchev–Trinajstić information content (AvgIpc) is 2.44. The van der Waals surface area contributed by atoms with E-state index in [0.29, 0.717) is 5.56 Å². The zero-order valence-electron chi connectivity index (χ0n) is 11.6. The van der Waals surface area contributed by atoms with Crippen LogP contribution in [0.1, 0.15) is 38.3 Å². The van der Waals surface area contributed by atoms with Gasteiger partial charge in [-0.3, -0.25) is 4.79 Å². The summed E-state index contributed by atoms with van der Waals surface area (Å²) in [5, 5.41) is 8.53. The van der Waals surface area contributed by atoms with E-state index >= 15 is 0 Å². The van der Waals surface area contributed by atoms with Gasteiger partial charge < -0.3 is 4.74 Å². The van der Waals surface area contributed by atoms with Crippen LogP contribution >= 0.6 is 11.8 Å². The Morgan fingerprint density at radius 2 is 2.00 bits per heavy atom. The number of hydrogen-bond acceptors (Lipinski definition) is 4. The number of hydrogen-bond donors (Lipinski definition) is 0. The Hall–Kier alpha value is -1.47. The van der Waals surface area contributed by atoms with E-state index in [1.807, 2.05) is 32.9 Å². The molecule has 0 spiro atoms. The highest BCUT2D eigenvalue weighted by Gasteiger charge is 2.17. The van der Waals surface area contributed by atoms with Gasteiger partial charge in [-0.1, -0.05) is 19.1 Å². The predicted molar refractivity (Wildman–Crippen MR) is 77.8 cm³/mol. The molecule has 3 nitrogen and oxygen atoms in total. The first-order chi connectivity index (χ1) is 9.06. The fourth-order valence-electron chi connectivity index (χ4n) is 1.34. The maximum absolute atomic E-state index is 11.7. The van der Waals surface area contributed by atoms with Crippen molar-refractivity contribution in [2.45, 2.75) is 44.3 Å². The predicted octanol–water partition coefficient (Wildman–Crippen LogP) is 3.52. The number of nitrogens with zero attached hydrogens (tertiary/aromatic N) is 1. The van der Waals surface area contributed by atoms with Gasteiger partial charge in [0, 0.05) is 5.75 Å². The van der Waals surface area contributed by atoms with E-state index in [1.54, 1.807) is 23.9 Å². The molecule has 0 bridgehead atoms. The van der Waals surface area contributed by atoms with Crippen molar-refractivity contribution in [1.29, 1.82) is 5.26 Å². The number of carbonyl (C=O) groups excluding carboxylic acids is 1. The summed E-state index contributed by atoms with van der Waals surface area (Å²) in [5.41, 5.74) is 1.75. The molecule has 0 aliphatic heterocycles. The summed E-state index contributed by atoms with van der Waals surface area (Å²) in [4.78, 5) is 11.7. The van der Waals surface area contributed by atoms with Crippen LogP contribution in [0.2, 0.25) is 0 Å². The molecule has 0 fully saturated rings. The number of carbonyl (C=O) groups is 1. The van der Waals surface area contributed by atoms with Gasteiger partial charge in [-0.15, -0.1) is 11.8 Å². The molecular weight excluding hydrogens is 258 g/mol. The van der Waals surface area contributed by atoms with Gasteiger partial charge in [-0.2, -0.15) is 5.26 Å². The Labute approximate surface area is 119 Å². The van der Waals surface area contributed by atoms with Gasteiger partial charge in [-0.05, 0) is 38.0 Å². The van der Waals surface area contributed by atoms with Crippen molar-refractivity contribution in [3.8, 4) is 6.07 Å². The molecule has 0 aliphatic rings. The molecule has 4 heteroatoms. The Morgan fingerprint density at radius 1 is 1.37 bits per heavy atom. The van der Waals surface area contributed by atoms with Crippen molar-refractivity contribution in [2.75, 3.05) is 0 Å². The standard InChI is InChI=1S/C15H19NO2S/c1-4-11(2)18-15(17)12(3)19-10-14-7-5-13(9-16)6-8-14/h5-8,11-12H,4,10H2,1-3H3. The number of rotatable bonds is 6. The molecule has 1 aromatic rings. The number of benzene rings is 1. The molecule has 1 aromatic carbocycles. The molecule has 0 saturated carbocycles. The van der Waals surface area contributed by atoms with Crippen LogP contribution in [-0.2, 0) is 15.3 Å². The third-order valence-corrected chi connectivity index (χ3v) is 4.00. The lowest BCUT2D eigenvalue weighted by Gasteiger charge is -2.15. The highest BCUT2D eigenvalue weighted by Crippen LogP contribution is 2.19. The van der Waals surface area contributed by atoms with Gasteiger partial charge in [0.25, 0.3) is 0 Å². The Balaban J connectivity index is 2.42. The first-order valence-corrected chi connectivity index (χ1v) is 7.42. The van der Waals surface area contributed by atoms with Gasteiger partial charge in [0.15, 0.2) is 0 Å². The number of thioether (sulfide) groups is 1. The topological polar surface area (TPSA) is 50.1 Å². The number of ether oxygens (including phenoxy) is 1.